The van der Waals surface area contributed by atoms with Gasteiger partial charge < -0.3 is 13.7 Å². The van der Waals surface area contributed by atoms with Crippen LogP contribution < -0.4 is 16.4 Å². The fourth-order valence-electron chi connectivity index (χ4n) is 16.0. The Hall–Kier alpha value is -7.56. The minimum Gasteiger partial charge on any atom is -0.310 e. The van der Waals surface area contributed by atoms with Crippen molar-refractivity contribution in [2.24, 2.45) is 0 Å². The highest BCUT2D eigenvalue weighted by atomic mass is 15.1. The molecule has 0 radical (unpaired) electrons. The van der Waals surface area contributed by atoms with Crippen molar-refractivity contribution < 1.29 is 0 Å². The zero-order valence-electron chi connectivity index (χ0n) is 52.3. The monoisotopic (exact) mass is 1080 g/mol. The van der Waals surface area contributed by atoms with E-state index in [1.165, 1.54) is 166 Å². The van der Waals surface area contributed by atoms with Gasteiger partial charge in [-0.05, 0) is 176 Å². The van der Waals surface area contributed by atoms with Crippen LogP contribution >= 0.6 is 0 Å². The first kappa shape index (κ1) is 51.1. The standard InChI is InChI=1S/C79H78BN3/c1-73(2,3)43-26-31-62-52(34-43)55-42-65-66(56-35-44(74(4,5)6)27-32-63(56)81(65)49-22-20-19-21-23-49)68-71(55)82(62)64-33-30-57-72-67(64)80(68)61-41-48(78(16,17)18)37-54-53-36-47(77(13,14)15)40-60(69(53)83(72)70(54)61)79(57)58-38-45(75(7,8)9)24-28-50(58)51-29-25-46(39-59(51)79)76(10,11)12/h19-42H,1-18H3. The lowest BCUT2D eigenvalue weighted by Crippen LogP contribution is -2.61. The summed E-state index contributed by atoms with van der Waals surface area (Å²) in [7, 11) is 0. The number of aromatic nitrogens is 3. The number of hydrogen-bond donors (Lipinski definition) is 0. The molecule has 1 spiro atoms. The third kappa shape index (κ3) is 6.49. The van der Waals surface area contributed by atoms with Crippen LogP contribution in [0.4, 0.5) is 0 Å². The Kier molecular flexibility index (Phi) is 9.61. The molecule has 0 amide bonds. The Balaban J connectivity index is 1.20. The van der Waals surface area contributed by atoms with Crippen molar-refractivity contribution in [2.45, 2.75) is 163 Å². The summed E-state index contributed by atoms with van der Waals surface area (Å²) in [5.41, 5.74) is 31.3. The molecule has 0 fully saturated rings. The van der Waals surface area contributed by atoms with E-state index in [9.17, 15) is 0 Å². The average Bonchev–Trinajstić information content (AvgIpc) is 1.55. The van der Waals surface area contributed by atoms with Crippen molar-refractivity contribution in [2.75, 3.05) is 0 Å². The highest BCUT2D eigenvalue weighted by Gasteiger charge is 2.56. The highest BCUT2D eigenvalue weighted by molar-refractivity contribution is 7.02. The molecule has 412 valence electrons. The summed E-state index contributed by atoms with van der Waals surface area (Å²) in [5, 5.41) is 8.04. The van der Waals surface area contributed by atoms with E-state index in [0.717, 1.165) is 0 Å². The summed E-state index contributed by atoms with van der Waals surface area (Å²) in [6.45, 7) is 43.0. The van der Waals surface area contributed by atoms with Crippen LogP contribution in [0.15, 0.2) is 146 Å². The smallest absolute Gasteiger partial charge is 0.253 e. The molecular formula is C79H78BN3. The van der Waals surface area contributed by atoms with Gasteiger partial charge in [-0.1, -0.05) is 210 Å². The molecule has 3 aromatic heterocycles. The number of fused-ring (bicyclic) bond motifs is 18. The Morgan fingerprint density at radius 2 is 0.795 bits per heavy atom. The number of benzene rings is 9. The van der Waals surface area contributed by atoms with Gasteiger partial charge in [0.15, 0.2) is 0 Å². The fourth-order valence-corrected chi connectivity index (χ4v) is 16.0. The maximum Gasteiger partial charge on any atom is 0.253 e. The molecule has 6 heterocycles. The van der Waals surface area contributed by atoms with Gasteiger partial charge in [0.05, 0.1) is 33.0 Å². The van der Waals surface area contributed by atoms with Crippen LogP contribution in [0.3, 0.4) is 0 Å². The minimum absolute atomic E-state index is 0.0451. The summed E-state index contributed by atoms with van der Waals surface area (Å²) >= 11 is 0. The van der Waals surface area contributed by atoms with Crippen molar-refractivity contribution in [3.63, 3.8) is 0 Å². The molecule has 1 aliphatic carbocycles. The molecule has 0 atom stereocenters. The van der Waals surface area contributed by atoms with Gasteiger partial charge in [0, 0.05) is 54.9 Å². The van der Waals surface area contributed by atoms with Gasteiger partial charge in [-0.3, -0.25) is 0 Å². The van der Waals surface area contributed by atoms with Crippen molar-refractivity contribution in [3.8, 4) is 28.2 Å². The van der Waals surface area contributed by atoms with E-state index in [0.29, 0.717) is 0 Å². The van der Waals surface area contributed by atoms with Crippen LogP contribution in [-0.4, -0.2) is 20.4 Å². The topological polar surface area (TPSA) is 14.8 Å². The molecule has 0 N–H and O–H groups in total. The first-order valence-corrected chi connectivity index (χ1v) is 30.8. The fraction of sp³-hybridized carbons (Fsp3) is 0.316. The molecule has 4 heteroatoms. The van der Waals surface area contributed by atoms with Gasteiger partial charge in [-0.25, -0.2) is 0 Å². The first-order valence-electron chi connectivity index (χ1n) is 30.8. The summed E-state index contributed by atoms with van der Waals surface area (Å²) in [6.07, 6.45) is 0. The van der Waals surface area contributed by atoms with E-state index < -0.39 is 5.41 Å². The summed E-state index contributed by atoms with van der Waals surface area (Å²) in [4.78, 5) is 0. The first-order chi connectivity index (χ1) is 39.0. The summed E-state index contributed by atoms with van der Waals surface area (Å²) < 4.78 is 8.17. The maximum absolute atomic E-state index is 2.83. The minimum atomic E-state index is -0.650. The Morgan fingerprint density at radius 1 is 0.325 bits per heavy atom. The van der Waals surface area contributed by atoms with E-state index in [1.807, 2.05) is 0 Å². The quantitative estimate of drug-likeness (QED) is 0.146. The zero-order chi connectivity index (χ0) is 58.1. The van der Waals surface area contributed by atoms with Crippen molar-refractivity contribution in [3.05, 3.63) is 201 Å². The van der Waals surface area contributed by atoms with Crippen LogP contribution in [0.5, 0.6) is 0 Å². The van der Waals surface area contributed by atoms with Gasteiger partial charge in [-0.15, -0.1) is 0 Å². The van der Waals surface area contributed by atoms with E-state index in [1.54, 1.807) is 0 Å². The normalized spacial score (nSPS) is 15.2. The number of rotatable bonds is 1. The molecule has 3 nitrogen and oxygen atoms in total. The average molecular weight is 1080 g/mol. The molecule has 83 heavy (non-hydrogen) atoms. The van der Waals surface area contributed by atoms with Gasteiger partial charge >= 0.3 is 0 Å². The number of para-hydroxylation sites is 1. The third-order valence-corrected chi connectivity index (χ3v) is 20.5. The van der Waals surface area contributed by atoms with Crippen molar-refractivity contribution in [1.29, 1.82) is 0 Å². The van der Waals surface area contributed by atoms with Crippen LogP contribution in [0.1, 0.15) is 180 Å². The largest absolute Gasteiger partial charge is 0.310 e. The van der Waals surface area contributed by atoms with E-state index in [4.69, 9.17) is 0 Å². The lowest BCUT2D eigenvalue weighted by molar-refractivity contribution is 0.583. The van der Waals surface area contributed by atoms with Crippen LogP contribution in [0.2, 0.25) is 0 Å². The second-order valence-corrected chi connectivity index (χ2v) is 31.9. The van der Waals surface area contributed by atoms with Crippen LogP contribution in [0.25, 0.3) is 93.6 Å². The Morgan fingerprint density at radius 3 is 1.36 bits per heavy atom. The van der Waals surface area contributed by atoms with Crippen LogP contribution in [-0.2, 0) is 37.9 Å². The van der Waals surface area contributed by atoms with E-state index in [-0.39, 0.29) is 39.2 Å². The lowest BCUT2D eigenvalue weighted by Gasteiger charge is -2.45. The van der Waals surface area contributed by atoms with Gasteiger partial charge in [0.1, 0.15) is 0 Å². The molecule has 0 unspecified atom stereocenters. The van der Waals surface area contributed by atoms with E-state index in [2.05, 4.69) is 284 Å². The molecule has 9 aromatic carbocycles. The summed E-state index contributed by atoms with van der Waals surface area (Å²) in [5.74, 6) is 0. The second-order valence-electron chi connectivity index (χ2n) is 31.9. The predicted molar refractivity (Wildman–Crippen MR) is 357 cm³/mol. The molecule has 0 saturated heterocycles. The number of hydrogen-bond acceptors (Lipinski definition) is 0. The van der Waals surface area contributed by atoms with Gasteiger partial charge in [-0.2, -0.15) is 0 Å². The lowest BCUT2D eigenvalue weighted by atomic mass is 9.33. The molecule has 3 aliphatic heterocycles. The van der Waals surface area contributed by atoms with Crippen molar-refractivity contribution >= 4 is 88.5 Å². The molecule has 12 aromatic rings. The van der Waals surface area contributed by atoms with E-state index >= 15 is 0 Å². The predicted octanol–water partition coefficient (Wildman–Crippen LogP) is 18.6. The van der Waals surface area contributed by atoms with Gasteiger partial charge in [0.2, 0.25) is 0 Å². The molecule has 0 saturated carbocycles. The molecule has 16 rings (SSSR count). The molecule has 4 aliphatic rings. The van der Waals surface area contributed by atoms with Gasteiger partial charge in [0.25, 0.3) is 6.71 Å². The molecular weight excluding hydrogens is 1000 g/mol. The highest BCUT2D eigenvalue weighted by Crippen LogP contribution is 2.63. The maximum atomic E-state index is 2.83. The summed E-state index contributed by atoms with van der Waals surface area (Å²) in [6, 6.07) is 59.6. The third-order valence-electron chi connectivity index (χ3n) is 20.5. The Bertz CT molecular complexity index is 4880. The Labute approximate surface area is 491 Å². The molecule has 0 bridgehead atoms. The van der Waals surface area contributed by atoms with Crippen LogP contribution in [0, 0.1) is 0 Å². The zero-order valence-corrected chi connectivity index (χ0v) is 52.3. The second kappa shape index (κ2) is 15.6. The number of nitrogens with zero attached hydrogens (tertiary/aromatic N) is 3. The van der Waals surface area contributed by atoms with Crippen molar-refractivity contribution in [1.82, 2.24) is 13.7 Å². The SMILES string of the molecule is CC(C)(C)c1ccc2c(c1)C1(c3cc(C(C)(C)C)ccc3-2)c2ccc3c4c2-n2c5c(cc(C(C)(C)C)cc5c5cc(C(C)(C)C)cc1c52)B4c1c2c4cc(C(C)(C)C)ccc4n(-c4ccccc4)c2cc2c4cc(C(C)(C)C)ccc4n-3c12.